The highest BCUT2D eigenvalue weighted by atomic mass is 32.2. The number of halogens is 1. The summed E-state index contributed by atoms with van der Waals surface area (Å²) in [5, 5.41) is 11.2. The Hall–Kier alpha value is -3.96. The molecule has 1 aromatic heterocycles. The van der Waals surface area contributed by atoms with Crippen molar-refractivity contribution in [3.05, 3.63) is 72.2 Å². The lowest BCUT2D eigenvalue weighted by molar-refractivity contribution is -0.677. The van der Waals surface area contributed by atoms with Crippen LogP contribution in [0.4, 0.5) is 10.1 Å². The van der Waals surface area contributed by atoms with Gasteiger partial charge in [-0.25, -0.2) is 12.8 Å². The van der Waals surface area contributed by atoms with Crippen LogP contribution in [0.5, 0.6) is 5.75 Å². The number of anilines is 1. The molecular weight excluding hydrogens is 479 g/mol. The molecule has 0 aliphatic carbocycles. The zero-order valence-electron chi connectivity index (χ0n) is 18.2. The lowest BCUT2D eigenvalue weighted by atomic mass is 10.1. The van der Waals surface area contributed by atoms with Crippen LogP contribution in [-0.2, 0) is 21.5 Å². The first-order valence-electron chi connectivity index (χ1n) is 10.7. The second-order valence-corrected chi connectivity index (χ2v) is 9.54. The SMILES string of the molecule is O=C(O)CN1C(=Cc2oc3ccc4ccccc4c3[n+]2CCCS(=O)(=O)[O-])Oc2ccc(F)cc21. The Balaban J connectivity index is 1.65. The van der Waals surface area contributed by atoms with Crippen LogP contribution in [0.2, 0.25) is 0 Å². The molecule has 9 nitrogen and oxygen atoms in total. The number of fused-ring (bicyclic) bond motifs is 4. The highest BCUT2D eigenvalue weighted by molar-refractivity contribution is 7.85. The molecule has 2 heterocycles. The van der Waals surface area contributed by atoms with Crippen molar-refractivity contribution in [2.24, 2.45) is 0 Å². The van der Waals surface area contributed by atoms with Crippen molar-refractivity contribution in [2.45, 2.75) is 13.0 Å². The number of carbonyl (C=O) groups is 1. The van der Waals surface area contributed by atoms with Crippen LogP contribution >= 0.6 is 0 Å². The van der Waals surface area contributed by atoms with Gasteiger partial charge in [-0.05, 0) is 29.7 Å². The zero-order valence-corrected chi connectivity index (χ0v) is 19.0. The van der Waals surface area contributed by atoms with Gasteiger partial charge in [-0.15, -0.1) is 0 Å². The fourth-order valence-corrected chi connectivity index (χ4v) is 4.67. The van der Waals surface area contributed by atoms with Crippen molar-refractivity contribution in [1.29, 1.82) is 0 Å². The van der Waals surface area contributed by atoms with E-state index >= 15 is 0 Å². The molecule has 1 aliphatic heterocycles. The van der Waals surface area contributed by atoms with Gasteiger partial charge in [0, 0.05) is 18.2 Å². The Labute approximate surface area is 199 Å². The Bertz CT molecular complexity index is 1610. The Morgan fingerprint density at radius 3 is 2.74 bits per heavy atom. The van der Waals surface area contributed by atoms with Gasteiger partial charge in [-0.2, -0.15) is 4.57 Å². The Morgan fingerprint density at radius 1 is 1.17 bits per heavy atom. The maximum absolute atomic E-state index is 13.9. The van der Waals surface area contributed by atoms with Gasteiger partial charge in [0.2, 0.25) is 11.5 Å². The number of ether oxygens (including phenoxy) is 1. The number of hydrogen-bond acceptors (Lipinski definition) is 7. The number of oxazole rings is 1. The van der Waals surface area contributed by atoms with E-state index in [1.54, 1.807) is 10.6 Å². The van der Waals surface area contributed by atoms with E-state index in [2.05, 4.69) is 0 Å². The van der Waals surface area contributed by atoms with Crippen LogP contribution < -0.4 is 14.2 Å². The van der Waals surface area contributed by atoms with Gasteiger partial charge in [-0.1, -0.05) is 24.3 Å². The van der Waals surface area contributed by atoms with Crippen molar-refractivity contribution in [1.82, 2.24) is 0 Å². The van der Waals surface area contributed by atoms with E-state index in [9.17, 15) is 27.3 Å². The summed E-state index contributed by atoms with van der Waals surface area (Å²) in [6, 6.07) is 15.0. The van der Waals surface area contributed by atoms with E-state index in [0.717, 1.165) is 10.8 Å². The summed E-state index contributed by atoms with van der Waals surface area (Å²) < 4.78 is 61.0. The number of aromatic nitrogens is 1. The molecule has 180 valence electrons. The Morgan fingerprint density at radius 2 is 1.97 bits per heavy atom. The molecule has 35 heavy (non-hydrogen) atoms. The topological polar surface area (TPSA) is 124 Å². The second kappa shape index (κ2) is 8.67. The highest BCUT2D eigenvalue weighted by Gasteiger charge is 2.32. The van der Waals surface area contributed by atoms with Gasteiger partial charge < -0.3 is 18.8 Å². The van der Waals surface area contributed by atoms with Crippen LogP contribution in [0.15, 0.2) is 64.9 Å². The minimum atomic E-state index is -4.41. The third-order valence-corrected chi connectivity index (χ3v) is 6.41. The third-order valence-electron chi connectivity index (χ3n) is 5.62. The van der Waals surface area contributed by atoms with E-state index in [-0.39, 0.29) is 36.2 Å². The van der Waals surface area contributed by atoms with Crippen molar-refractivity contribution >= 4 is 49.7 Å². The fraction of sp³-hybridized carbons (Fsp3) is 0.167. The summed E-state index contributed by atoms with van der Waals surface area (Å²) in [7, 11) is -4.41. The van der Waals surface area contributed by atoms with E-state index < -0.39 is 34.2 Å². The monoisotopic (exact) mass is 498 g/mol. The molecular formula is C24H19FN2O7S. The molecule has 5 rings (SSSR count). The summed E-state index contributed by atoms with van der Waals surface area (Å²) in [6.07, 6.45) is 1.51. The highest BCUT2D eigenvalue weighted by Crippen LogP contribution is 2.40. The van der Waals surface area contributed by atoms with Gasteiger partial charge in [0.25, 0.3) is 5.52 Å². The van der Waals surface area contributed by atoms with Crippen molar-refractivity contribution in [3.8, 4) is 5.75 Å². The minimum Gasteiger partial charge on any atom is -0.748 e. The fourth-order valence-electron chi connectivity index (χ4n) is 4.19. The van der Waals surface area contributed by atoms with Gasteiger partial charge >= 0.3 is 11.9 Å². The largest absolute Gasteiger partial charge is 0.748 e. The minimum absolute atomic E-state index is 0.0374. The molecule has 0 radical (unpaired) electrons. The summed E-state index contributed by atoms with van der Waals surface area (Å²) in [6.45, 7) is -0.345. The van der Waals surface area contributed by atoms with Gasteiger partial charge in [0.15, 0.2) is 12.3 Å². The average molecular weight is 498 g/mol. The smallest absolute Gasteiger partial charge is 0.379 e. The maximum atomic E-state index is 13.9. The normalized spacial score (nSPS) is 14.6. The molecule has 0 saturated carbocycles. The van der Waals surface area contributed by atoms with Crippen LogP contribution in [0.25, 0.3) is 27.9 Å². The average Bonchev–Trinajstić information content (AvgIpc) is 3.31. The number of carboxylic acids is 1. The molecule has 1 aliphatic rings. The molecule has 0 unspecified atom stereocenters. The standard InChI is InChI=1S/C24H19FN2O7S/c25-16-7-9-19-18(12-16)27(14-23(28)29)22(33-19)13-21-26(10-3-11-35(30,31)32)24-17-5-2-1-4-15(17)6-8-20(24)34-21/h1-2,4-9,12-13H,3,10-11,14H2,(H-,28,29,30,31,32). The van der Waals surface area contributed by atoms with Crippen LogP contribution in [-0.4, -0.2) is 36.3 Å². The molecule has 1 N–H and O–H groups in total. The van der Waals surface area contributed by atoms with Gasteiger partial charge in [0.1, 0.15) is 18.4 Å². The first-order chi connectivity index (χ1) is 16.7. The molecule has 0 atom stereocenters. The van der Waals surface area contributed by atoms with Crippen molar-refractivity contribution in [3.63, 3.8) is 0 Å². The predicted octanol–water partition coefficient (Wildman–Crippen LogP) is 3.23. The van der Waals surface area contributed by atoms with Crippen LogP contribution in [0, 0.1) is 5.82 Å². The summed E-state index contributed by atoms with van der Waals surface area (Å²) in [4.78, 5) is 12.8. The van der Waals surface area contributed by atoms with Crippen molar-refractivity contribution < 1.29 is 41.0 Å². The van der Waals surface area contributed by atoms with Crippen LogP contribution in [0.1, 0.15) is 12.3 Å². The molecule has 0 spiro atoms. The van der Waals surface area contributed by atoms with Gasteiger partial charge in [0.05, 0.1) is 21.2 Å². The zero-order chi connectivity index (χ0) is 24.7. The second-order valence-electron chi connectivity index (χ2n) is 8.02. The van der Waals surface area contributed by atoms with E-state index in [1.165, 1.54) is 29.2 Å². The first kappa shape index (κ1) is 22.8. The number of hydrogen-bond donors (Lipinski definition) is 1. The predicted molar refractivity (Wildman–Crippen MR) is 123 cm³/mol. The number of aliphatic carboxylic acids is 1. The molecule has 0 saturated heterocycles. The van der Waals surface area contributed by atoms with Crippen LogP contribution in [0.3, 0.4) is 0 Å². The lowest BCUT2D eigenvalue weighted by Crippen LogP contribution is -2.37. The quantitative estimate of drug-likeness (QED) is 0.304. The van der Waals surface area contributed by atoms with E-state index in [0.29, 0.717) is 11.1 Å². The first-order valence-corrected chi connectivity index (χ1v) is 12.2. The molecule has 4 aromatic rings. The number of rotatable bonds is 7. The van der Waals surface area contributed by atoms with E-state index in [1.807, 2.05) is 30.3 Å². The lowest BCUT2D eigenvalue weighted by Gasteiger charge is -2.14. The maximum Gasteiger partial charge on any atom is 0.379 e. The number of nitrogens with zero attached hydrogens (tertiary/aromatic N) is 2. The van der Waals surface area contributed by atoms with E-state index in [4.69, 9.17) is 9.15 Å². The summed E-state index contributed by atoms with van der Waals surface area (Å²) in [5.74, 6) is -1.63. The number of carboxylic acid groups (broad SMARTS) is 1. The molecule has 0 fully saturated rings. The Kier molecular flexibility index (Phi) is 5.65. The summed E-state index contributed by atoms with van der Waals surface area (Å²) in [5.41, 5.74) is 1.45. The third kappa shape index (κ3) is 4.55. The number of benzene rings is 3. The van der Waals surface area contributed by atoms with Gasteiger partial charge in [-0.3, -0.25) is 9.69 Å². The van der Waals surface area contributed by atoms with Crippen molar-refractivity contribution in [2.75, 3.05) is 17.2 Å². The summed E-state index contributed by atoms with van der Waals surface area (Å²) >= 11 is 0. The molecule has 0 bridgehead atoms. The molecule has 3 aromatic carbocycles. The molecule has 0 amide bonds. The number of aryl methyl sites for hydroxylation is 1. The molecule has 11 heteroatoms.